The lowest BCUT2D eigenvalue weighted by atomic mass is 10.1. The zero-order valence-corrected chi connectivity index (χ0v) is 20.9. The topological polar surface area (TPSA) is 86.0 Å². The Kier molecular flexibility index (Phi) is 8.03. The average molecular weight is 488 g/mol. The van der Waals surface area contributed by atoms with Gasteiger partial charge in [0.2, 0.25) is 0 Å². The summed E-state index contributed by atoms with van der Waals surface area (Å²) < 4.78 is 2.43. The Hall–Kier alpha value is -3.68. The van der Waals surface area contributed by atoms with E-state index in [1.165, 1.54) is 38.5 Å². The van der Waals surface area contributed by atoms with Gasteiger partial charge >= 0.3 is 11.9 Å². The molecule has 1 saturated heterocycles. The summed E-state index contributed by atoms with van der Waals surface area (Å²) >= 11 is 0. The van der Waals surface area contributed by atoms with E-state index in [9.17, 15) is 0 Å². The van der Waals surface area contributed by atoms with Gasteiger partial charge in [0.15, 0.2) is 0 Å². The van der Waals surface area contributed by atoms with Crippen LogP contribution in [0.1, 0.15) is 23.6 Å². The highest BCUT2D eigenvalue weighted by Crippen LogP contribution is 2.30. The average Bonchev–Trinajstić information content (AvgIpc) is 3.18. The molecule has 1 fully saturated rings. The lowest BCUT2D eigenvalue weighted by Gasteiger charge is -2.34. The number of carboxylic acid groups (broad SMARTS) is 2. The summed E-state index contributed by atoms with van der Waals surface area (Å²) in [5.41, 5.74) is 6.91. The molecule has 188 valence electrons. The van der Waals surface area contributed by atoms with Crippen LogP contribution in [0.5, 0.6) is 0 Å². The van der Waals surface area contributed by atoms with E-state index in [4.69, 9.17) is 19.8 Å². The number of hydrogen-bond donors (Lipinski definition) is 2. The van der Waals surface area contributed by atoms with Crippen molar-refractivity contribution < 1.29 is 19.8 Å². The zero-order chi connectivity index (χ0) is 25.7. The molecule has 0 aliphatic carbocycles. The molecule has 0 amide bonds. The van der Waals surface area contributed by atoms with Crippen molar-refractivity contribution in [1.29, 1.82) is 0 Å². The summed E-state index contributed by atoms with van der Waals surface area (Å²) in [6, 6.07) is 24.8. The molecule has 0 spiro atoms. The second kappa shape index (κ2) is 11.4. The van der Waals surface area contributed by atoms with E-state index >= 15 is 0 Å². The summed E-state index contributed by atoms with van der Waals surface area (Å²) in [6.45, 7) is 12.1. The van der Waals surface area contributed by atoms with Crippen LogP contribution in [0.2, 0.25) is 0 Å². The van der Waals surface area contributed by atoms with Crippen molar-refractivity contribution in [1.82, 2.24) is 14.4 Å². The van der Waals surface area contributed by atoms with E-state index in [0.29, 0.717) is 0 Å². The minimum absolute atomic E-state index is 1.01. The number of piperazine rings is 1. The predicted octanol–water partition coefficient (Wildman–Crippen LogP) is 4.60. The van der Waals surface area contributed by atoms with Crippen LogP contribution in [0.15, 0.2) is 66.7 Å². The van der Waals surface area contributed by atoms with Crippen molar-refractivity contribution in [3.63, 3.8) is 0 Å². The second-order valence-electron chi connectivity index (χ2n) is 9.26. The van der Waals surface area contributed by atoms with Gasteiger partial charge in [-0.05, 0) is 43.2 Å². The fourth-order valence-corrected chi connectivity index (χ4v) is 4.97. The molecular weight excluding hydrogens is 454 g/mol. The SMILES string of the molecule is CCn1c2ccccc2c2cc(CN3CCN(Cc4cccc(C)c4)CC3)ccc21.O=C(O)C(=O)O. The number of rotatable bonds is 5. The molecule has 0 radical (unpaired) electrons. The molecule has 1 aliphatic rings. The third-order valence-corrected chi connectivity index (χ3v) is 6.70. The molecule has 1 aromatic heterocycles. The van der Waals surface area contributed by atoms with Crippen molar-refractivity contribution in [2.24, 2.45) is 0 Å². The van der Waals surface area contributed by atoms with Gasteiger partial charge in [0.1, 0.15) is 0 Å². The minimum atomic E-state index is -1.82. The number of carbonyl (C=O) groups is 2. The maximum absolute atomic E-state index is 9.10. The molecule has 2 heterocycles. The van der Waals surface area contributed by atoms with Gasteiger partial charge in [0.25, 0.3) is 0 Å². The van der Waals surface area contributed by atoms with Gasteiger partial charge in [-0.15, -0.1) is 0 Å². The standard InChI is InChI=1S/C27H31N3.C2H2O4/c1-3-30-26-10-5-4-9-24(26)25-18-23(11-12-27(25)30)20-29-15-13-28(14-16-29)19-22-8-6-7-21(2)17-22;3-1(4)2(5)6/h4-12,17-18H,3,13-16,19-20H2,1-2H3;(H,3,4)(H,5,6). The summed E-state index contributed by atoms with van der Waals surface area (Å²) in [5.74, 6) is -3.65. The Bertz CT molecular complexity index is 1360. The zero-order valence-electron chi connectivity index (χ0n) is 20.9. The van der Waals surface area contributed by atoms with Gasteiger partial charge < -0.3 is 14.8 Å². The largest absolute Gasteiger partial charge is 0.473 e. The first-order valence-electron chi connectivity index (χ1n) is 12.3. The van der Waals surface area contributed by atoms with Crippen LogP contribution < -0.4 is 0 Å². The summed E-state index contributed by atoms with van der Waals surface area (Å²) in [6.07, 6.45) is 0. The first-order chi connectivity index (χ1) is 17.4. The van der Waals surface area contributed by atoms with Crippen LogP contribution in [0.3, 0.4) is 0 Å². The van der Waals surface area contributed by atoms with Crippen molar-refractivity contribution in [3.8, 4) is 0 Å². The molecule has 3 aromatic carbocycles. The summed E-state index contributed by atoms with van der Waals surface area (Å²) in [4.78, 5) is 23.4. The number of benzene rings is 3. The summed E-state index contributed by atoms with van der Waals surface area (Å²) in [5, 5.41) is 17.5. The van der Waals surface area contributed by atoms with Crippen molar-refractivity contribution in [3.05, 3.63) is 83.4 Å². The van der Waals surface area contributed by atoms with Crippen LogP contribution in [0.25, 0.3) is 21.8 Å². The van der Waals surface area contributed by atoms with E-state index in [-0.39, 0.29) is 0 Å². The maximum atomic E-state index is 9.10. The molecular formula is C29H33N3O4. The van der Waals surface area contributed by atoms with Crippen LogP contribution in [0.4, 0.5) is 0 Å². The molecule has 2 N–H and O–H groups in total. The van der Waals surface area contributed by atoms with Crippen LogP contribution in [-0.2, 0) is 29.2 Å². The second-order valence-corrected chi connectivity index (χ2v) is 9.26. The lowest BCUT2D eigenvalue weighted by molar-refractivity contribution is -0.159. The van der Waals surface area contributed by atoms with Gasteiger partial charge in [-0.25, -0.2) is 9.59 Å². The smallest absolute Gasteiger partial charge is 0.414 e. The molecule has 7 nitrogen and oxygen atoms in total. The third kappa shape index (κ3) is 5.93. The monoisotopic (exact) mass is 487 g/mol. The number of aliphatic carboxylic acids is 2. The molecule has 7 heteroatoms. The molecule has 0 atom stereocenters. The highest BCUT2D eigenvalue weighted by Gasteiger charge is 2.18. The fourth-order valence-electron chi connectivity index (χ4n) is 4.97. The number of nitrogens with zero attached hydrogens (tertiary/aromatic N) is 3. The van der Waals surface area contributed by atoms with Gasteiger partial charge in [0, 0.05) is 67.6 Å². The van der Waals surface area contributed by atoms with Crippen molar-refractivity contribution >= 4 is 33.7 Å². The van der Waals surface area contributed by atoms with Crippen LogP contribution >= 0.6 is 0 Å². The molecule has 4 aromatic rings. The van der Waals surface area contributed by atoms with Gasteiger partial charge in [0.05, 0.1) is 0 Å². The van der Waals surface area contributed by atoms with E-state index in [0.717, 1.165) is 45.8 Å². The molecule has 0 saturated carbocycles. The quantitative estimate of drug-likeness (QED) is 0.400. The van der Waals surface area contributed by atoms with Gasteiger partial charge in [-0.1, -0.05) is 54.1 Å². The van der Waals surface area contributed by atoms with Crippen LogP contribution in [0, 0.1) is 6.92 Å². The first-order valence-corrected chi connectivity index (χ1v) is 12.3. The number of para-hydroxylation sites is 1. The van der Waals surface area contributed by atoms with E-state index in [1.54, 1.807) is 0 Å². The Labute approximate surface area is 211 Å². The Balaban J connectivity index is 0.000000455. The Morgan fingerprint density at radius 1 is 0.722 bits per heavy atom. The molecule has 5 rings (SSSR count). The first kappa shape index (κ1) is 25.4. The predicted molar refractivity (Wildman–Crippen MR) is 142 cm³/mol. The third-order valence-electron chi connectivity index (χ3n) is 6.70. The van der Waals surface area contributed by atoms with Gasteiger partial charge in [-0.2, -0.15) is 0 Å². The number of aromatic nitrogens is 1. The highest BCUT2D eigenvalue weighted by molar-refractivity contribution is 6.27. The number of carboxylic acids is 2. The van der Waals surface area contributed by atoms with Gasteiger partial charge in [-0.3, -0.25) is 9.80 Å². The number of fused-ring (bicyclic) bond motifs is 3. The van der Waals surface area contributed by atoms with E-state index in [2.05, 4.69) is 94.9 Å². The molecule has 0 unspecified atom stereocenters. The molecule has 1 aliphatic heterocycles. The maximum Gasteiger partial charge on any atom is 0.414 e. The van der Waals surface area contributed by atoms with Crippen molar-refractivity contribution in [2.75, 3.05) is 26.2 Å². The Morgan fingerprint density at radius 2 is 1.31 bits per heavy atom. The normalized spacial score (nSPS) is 14.5. The Morgan fingerprint density at radius 3 is 1.89 bits per heavy atom. The highest BCUT2D eigenvalue weighted by atomic mass is 16.4. The summed E-state index contributed by atoms with van der Waals surface area (Å²) in [7, 11) is 0. The lowest BCUT2D eigenvalue weighted by Crippen LogP contribution is -2.45. The molecule has 0 bridgehead atoms. The van der Waals surface area contributed by atoms with Crippen molar-refractivity contribution in [2.45, 2.75) is 33.5 Å². The van der Waals surface area contributed by atoms with Crippen LogP contribution in [-0.4, -0.2) is 62.7 Å². The fraction of sp³-hybridized carbons (Fsp3) is 0.310. The number of hydrogen-bond acceptors (Lipinski definition) is 4. The molecule has 36 heavy (non-hydrogen) atoms. The minimum Gasteiger partial charge on any atom is -0.473 e. The number of aryl methyl sites for hydroxylation is 2. The van der Waals surface area contributed by atoms with E-state index < -0.39 is 11.9 Å². The van der Waals surface area contributed by atoms with E-state index in [1.807, 2.05) is 0 Å².